The number of carbonyl (C=O) groups is 2. The summed E-state index contributed by atoms with van der Waals surface area (Å²) in [7, 11) is 0. The lowest BCUT2D eigenvalue weighted by atomic mass is 10.0. The Hall–Kier alpha value is -3.08. The molecule has 1 amide bonds. The van der Waals surface area contributed by atoms with E-state index in [0.29, 0.717) is 23.5 Å². The number of carboxylic acid groups (broad SMARTS) is 1. The lowest BCUT2D eigenvalue weighted by Crippen LogP contribution is -2.45. The van der Waals surface area contributed by atoms with Crippen LogP contribution in [0, 0.1) is 0 Å². The predicted octanol–water partition coefficient (Wildman–Crippen LogP) is 2.86. The Kier molecular flexibility index (Phi) is 7.11. The largest absolute Gasteiger partial charge is 0.480 e. The number of aliphatic carboxylic acids is 1. The minimum absolute atomic E-state index is 0.0340. The molecule has 176 valence electrons. The van der Waals surface area contributed by atoms with E-state index < -0.39 is 28.8 Å². The number of nitrogens with one attached hydrogen (secondary N) is 2. The van der Waals surface area contributed by atoms with Gasteiger partial charge in [0.1, 0.15) is 17.4 Å². The number of amides is 1. The van der Waals surface area contributed by atoms with Crippen LogP contribution in [0.1, 0.15) is 15.9 Å². The second kappa shape index (κ2) is 10.0. The monoisotopic (exact) mass is 520 g/mol. The van der Waals surface area contributed by atoms with Crippen molar-refractivity contribution in [3.05, 3.63) is 78.3 Å². The van der Waals surface area contributed by atoms with Gasteiger partial charge >= 0.3 is 5.97 Å². The Balaban J connectivity index is 1.46. The summed E-state index contributed by atoms with van der Waals surface area (Å²) < 4.78 is 0. The number of benzene rings is 1. The van der Waals surface area contributed by atoms with Gasteiger partial charge in [0.2, 0.25) is 0 Å². The summed E-state index contributed by atoms with van der Waals surface area (Å²) in [6, 6.07) is 5.17. The van der Waals surface area contributed by atoms with Gasteiger partial charge < -0.3 is 20.6 Å². The Morgan fingerprint density at radius 2 is 1.76 bits per heavy atom. The highest BCUT2D eigenvalue weighted by Gasteiger charge is 2.31. The second-order valence-corrected chi connectivity index (χ2v) is 9.44. The van der Waals surface area contributed by atoms with E-state index in [1.54, 1.807) is 28.8 Å². The Morgan fingerprint density at radius 1 is 1.09 bits per heavy atom. The van der Waals surface area contributed by atoms with E-state index in [4.69, 9.17) is 23.2 Å². The van der Waals surface area contributed by atoms with Crippen molar-refractivity contribution < 1.29 is 14.7 Å². The summed E-state index contributed by atoms with van der Waals surface area (Å²) in [5.74, 6) is -0.207. The number of hydrogen-bond acceptors (Lipinski definition) is 8. The SMILES string of the molecule is O=C(Nc1c(Cl)cncc1Cl)c1ccc(C[C@H](Nc2c(N3CCSC3)c(=O)c2=O)C(=O)O)cc1. The molecule has 34 heavy (non-hydrogen) atoms. The van der Waals surface area contributed by atoms with Gasteiger partial charge in [0.25, 0.3) is 16.8 Å². The number of pyridine rings is 1. The average Bonchev–Trinajstić information content (AvgIpc) is 3.34. The van der Waals surface area contributed by atoms with Gasteiger partial charge in [0, 0.05) is 36.7 Å². The molecule has 0 bridgehead atoms. The molecule has 1 atom stereocenters. The molecule has 0 aliphatic carbocycles. The maximum atomic E-state index is 12.5. The first-order valence-electron chi connectivity index (χ1n) is 10.1. The number of anilines is 3. The second-order valence-electron chi connectivity index (χ2n) is 7.55. The van der Waals surface area contributed by atoms with Crippen LogP contribution in [-0.4, -0.2) is 46.2 Å². The third-order valence-electron chi connectivity index (χ3n) is 5.32. The Bertz CT molecular complexity index is 1300. The van der Waals surface area contributed by atoms with Crippen molar-refractivity contribution in [2.24, 2.45) is 0 Å². The highest BCUT2D eigenvalue weighted by Crippen LogP contribution is 2.29. The molecule has 1 aliphatic heterocycles. The molecule has 0 unspecified atom stereocenters. The summed E-state index contributed by atoms with van der Waals surface area (Å²) >= 11 is 13.7. The molecular weight excluding hydrogens is 503 g/mol. The van der Waals surface area contributed by atoms with E-state index in [1.165, 1.54) is 24.5 Å². The molecule has 1 fully saturated rings. The van der Waals surface area contributed by atoms with Gasteiger partial charge in [-0.2, -0.15) is 0 Å². The van der Waals surface area contributed by atoms with Crippen LogP contribution >= 0.6 is 35.0 Å². The fraction of sp³-hybridized carbons (Fsp3) is 0.227. The summed E-state index contributed by atoms with van der Waals surface area (Å²) in [4.78, 5) is 54.1. The fourth-order valence-electron chi connectivity index (χ4n) is 3.52. The third kappa shape index (κ3) is 4.89. The van der Waals surface area contributed by atoms with Crippen molar-refractivity contribution in [1.29, 1.82) is 0 Å². The maximum absolute atomic E-state index is 12.5. The van der Waals surface area contributed by atoms with Crippen LogP contribution in [-0.2, 0) is 11.2 Å². The van der Waals surface area contributed by atoms with Gasteiger partial charge in [-0.25, -0.2) is 4.79 Å². The maximum Gasteiger partial charge on any atom is 0.326 e. The van der Waals surface area contributed by atoms with Crippen LogP contribution in [0.4, 0.5) is 17.1 Å². The highest BCUT2D eigenvalue weighted by atomic mass is 35.5. The first-order valence-corrected chi connectivity index (χ1v) is 12.0. The number of thioether (sulfide) groups is 1. The van der Waals surface area contributed by atoms with E-state index in [-0.39, 0.29) is 33.5 Å². The number of carbonyl (C=O) groups excluding carboxylic acids is 1. The molecule has 2 heterocycles. The molecule has 0 spiro atoms. The number of hydrogen-bond donors (Lipinski definition) is 3. The minimum Gasteiger partial charge on any atom is -0.480 e. The predicted molar refractivity (Wildman–Crippen MR) is 133 cm³/mol. The minimum atomic E-state index is -1.17. The smallest absolute Gasteiger partial charge is 0.326 e. The van der Waals surface area contributed by atoms with E-state index >= 15 is 0 Å². The molecule has 1 aliphatic rings. The van der Waals surface area contributed by atoms with E-state index in [1.807, 2.05) is 0 Å². The van der Waals surface area contributed by atoms with Gasteiger partial charge in [-0.3, -0.25) is 19.4 Å². The summed E-state index contributed by atoms with van der Waals surface area (Å²) in [5.41, 5.74) is 0.154. The fourth-order valence-corrected chi connectivity index (χ4v) is 4.94. The van der Waals surface area contributed by atoms with Crippen LogP contribution in [0.2, 0.25) is 10.0 Å². The standard InChI is InChI=1S/C22H18Cl2N4O5S/c23-13-8-25-9-14(24)16(13)27-21(31)12-3-1-11(2-4-12)7-15(22(32)33)26-17-18(20(30)19(17)29)28-5-6-34-10-28/h1-4,8-9,15,26H,5-7,10H2,(H,32,33)(H,25,27,31)/t15-/m0/s1. The van der Waals surface area contributed by atoms with Crippen LogP contribution in [0.5, 0.6) is 0 Å². The number of halogens is 2. The topological polar surface area (TPSA) is 129 Å². The summed E-state index contributed by atoms with van der Waals surface area (Å²) in [6.45, 7) is 0.626. The van der Waals surface area contributed by atoms with Crippen molar-refractivity contribution in [2.75, 3.05) is 33.7 Å². The van der Waals surface area contributed by atoms with Crippen molar-refractivity contribution in [2.45, 2.75) is 12.5 Å². The number of aromatic nitrogens is 1. The molecule has 1 aromatic heterocycles. The Morgan fingerprint density at radius 3 is 2.35 bits per heavy atom. The quantitative estimate of drug-likeness (QED) is 0.384. The zero-order valence-corrected chi connectivity index (χ0v) is 19.8. The molecule has 0 saturated carbocycles. The average molecular weight is 521 g/mol. The van der Waals surface area contributed by atoms with Crippen molar-refractivity contribution in [3.63, 3.8) is 0 Å². The van der Waals surface area contributed by atoms with Crippen LogP contribution in [0.3, 0.4) is 0 Å². The van der Waals surface area contributed by atoms with E-state index in [9.17, 15) is 24.3 Å². The zero-order chi connectivity index (χ0) is 24.4. The normalized spacial score (nSPS) is 14.2. The first kappa shape index (κ1) is 24.1. The zero-order valence-electron chi connectivity index (χ0n) is 17.5. The lowest BCUT2D eigenvalue weighted by molar-refractivity contribution is -0.137. The molecule has 2 aromatic carbocycles. The van der Waals surface area contributed by atoms with Crippen molar-refractivity contribution in [1.82, 2.24) is 4.98 Å². The lowest BCUT2D eigenvalue weighted by Gasteiger charge is -2.24. The van der Waals surface area contributed by atoms with Gasteiger partial charge in [0.15, 0.2) is 0 Å². The molecule has 3 aromatic rings. The first-order chi connectivity index (χ1) is 16.3. The van der Waals surface area contributed by atoms with Crippen molar-refractivity contribution in [3.8, 4) is 0 Å². The molecule has 4 rings (SSSR count). The van der Waals surface area contributed by atoms with Crippen LogP contribution < -0.4 is 26.4 Å². The third-order valence-corrected chi connectivity index (χ3v) is 6.86. The van der Waals surface area contributed by atoms with Gasteiger partial charge in [-0.05, 0) is 17.7 Å². The van der Waals surface area contributed by atoms with E-state index in [2.05, 4.69) is 15.6 Å². The molecule has 0 radical (unpaired) electrons. The van der Waals surface area contributed by atoms with E-state index in [0.717, 1.165) is 5.75 Å². The Labute approximate surface area is 207 Å². The molecule has 12 heteroatoms. The van der Waals surface area contributed by atoms with Gasteiger partial charge in [0.05, 0.1) is 21.6 Å². The molecule has 3 N–H and O–H groups in total. The number of carboxylic acids is 1. The molecular formula is C22H18Cl2N4O5S. The number of rotatable bonds is 8. The van der Waals surface area contributed by atoms with Crippen molar-refractivity contribution >= 4 is 63.9 Å². The number of nitrogens with zero attached hydrogens (tertiary/aromatic N) is 2. The van der Waals surface area contributed by atoms with Crippen LogP contribution in [0.25, 0.3) is 0 Å². The highest BCUT2D eigenvalue weighted by molar-refractivity contribution is 7.99. The van der Waals surface area contributed by atoms with Gasteiger partial charge in [-0.1, -0.05) is 35.3 Å². The molecule has 9 nitrogen and oxygen atoms in total. The molecule has 1 saturated heterocycles. The summed E-state index contributed by atoms with van der Waals surface area (Å²) in [5, 5.41) is 15.4. The van der Waals surface area contributed by atoms with Crippen LogP contribution in [0.15, 0.2) is 46.2 Å². The van der Waals surface area contributed by atoms with Gasteiger partial charge in [-0.15, -0.1) is 11.8 Å². The summed E-state index contributed by atoms with van der Waals surface area (Å²) in [6.07, 6.45) is 2.75.